The molecule has 0 heteroatoms. The molecule has 7 aromatic rings. The highest BCUT2D eigenvalue weighted by molar-refractivity contribution is 6.24. The van der Waals surface area contributed by atoms with Gasteiger partial charge in [-0.25, -0.2) is 0 Å². The topological polar surface area (TPSA) is 0 Å². The van der Waals surface area contributed by atoms with E-state index in [0.29, 0.717) is 0 Å². The van der Waals surface area contributed by atoms with Crippen LogP contribution in [-0.4, -0.2) is 0 Å². The van der Waals surface area contributed by atoms with Gasteiger partial charge in [-0.05, 0) is 72.6 Å². The lowest BCUT2D eigenvalue weighted by molar-refractivity contribution is 1.47. The molecule has 0 spiro atoms. The van der Waals surface area contributed by atoms with Gasteiger partial charge in [0.1, 0.15) is 0 Å². The quantitative estimate of drug-likeness (QED) is 0.225. The maximum Gasteiger partial charge on any atom is -0.00201 e. The lowest BCUT2D eigenvalue weighted by Crippen LogP contribution is -1.92. The Balaban J connectivity index is 1.60. The van der Waals surface area contributed by atoms with E-state index in [9.17, 15) is 0 Å². The normalized spacial score (nSPS) is 11.4. The van der Waals surface area contributed by atoms with Crippen LogP contribution in [0.3, 0.4) is 0 Å². The highest BCUT2D eigenvalue weighted by Gasteiger charge is 2.18. The zero-order chi connectivity index (χ0) is 24.8. The number of hydrogen-bond donors (Lipinski definition) is 0. The van der Waals surface area contributed by atoms with Crippen LogP contribution in [0.2, 0.25) is 0 Å². The van der Waals surface area contributed by atoms with E-state index in [2.05, 4.69) is 146 Å². The third-order valence-corrected chi connectivity index (χ3v) is 7.55. The summed E-state index contributed by atoms with van der Waals surface area (Å²) in [6.45, 7) is 2.14. The number of fused-ring (bicyclic) bond motifs is 3. The van der Waals surface area contributed by atoms with Gasteiger partial charge in [0.15, 0.2) is 0 Å². The van der Waals surface area contributed by atoms with Crippen molar-refractivity contribution in [3.8, 4) is 33.4 Å². The Morgan fingerprint density at radius 3 is 1.30 bits per heavy atom. The van der Waals surface area contributed by atoms with Crippen molar-refractivity contribution in [2.45, 2.75) is 6.92 Å². The first kappa shape index (κ1) is 21.6. The Morgan fingerprint density at radius 1 is 0.297 bits per heavy atom. The Hall–Kier alpha value is -4.68. The largest absolute Gasteiger partial charge is 0.0622 e. The molecule has 0 fully saturated rings. The second-order valence-electron chi connectivity index (χ2n) is 9.78. The molecule has 0 aliphatic rings. The predicted molar refractivity (Wildman–Crippen MR) is 160 cm³/mol. The van der Waals surface area contributed by atoms with E-state index in [1.54, 1.807) is 0 Å². The van der Waals surface area contributed by atoms with Crippen LogP contribution < -0.4 is 0 Å². The molecule has 0 amide bonds. The van der Waals surface area contributed by atoms with Gasteiger partial charge in [0.2, 0.25) is 0 Å². The molecule has 7 aromatic carbocycles. The summed E-state index contributed by atoms with van der Waals surface area (Å²) in [6, 6.07) is 50.9. The van der Waals surface area contributed by atoms with Gasteiger partial charge in [-0.3, -0.25) is 0 Å². The molecule has 0 aliphatic carbocycles. The summed E-state index contributed by atoms with van der Waals surface area (Å²) in [5.74, 6) is 0. The minimum absolute atomic E-state index is 1.25. The van der Waals surface area contributed by atoms with E-state index >= 15 is 0 Å². The van der Waals surface area contributed by atoms with E-state index in [0.717, 1.165) is 0 Å². The molecular weight excluding hydrogens is 444 g/mol. The summed E-state index contributed by atoms with van der Waals surface area (Å²) in [4.78, 5) is 0. The number of hydrogen-bond acceptors (Lipinski definition) is 0. The number of aryl methyl sites for hydroxylation is 1. The van der Waals surface area contributed by atoms with Gasteiger partial charge in [0, 0.05) is 0 Å². The van der Waals surface area contributed by atoms with E-state index < -0.39 is 0 Å². The van der Waals surface area contributed by atoms with Gasteiger partial charge < -0.3 is 0 Å². The molecule has 0 unspecified atom stereocenters. The first-order valence-electron chi connectivity index (χ1n) is 12.9. The fourth-order valence-corrected chi connectivity index (χ4v) is 5.84. The minimum Gasteiger partial charge on any atom is -0.0622 e. The number of benzene rings is 7. The monoisotopic (exact) mass is 470 g/mol. The standard InChI is InChI=1S/C37H26/c1-25-19-21-26(22-20-25)28-23-24-35(30-14-6-5-13-29(28)30)37-33-17-9-7-15-31(33)36(27-11-3-2-4-12-27)32-16-8-10-18-34(32)37/h2-24H,1H3. The van der Waals surface area contributed by atoms with Crippen LogP contribution in [0.1, 0.15) is 5.56 Å². The molecule has 0 aliphatic heterocycles. The van der Waals surface area contributed by atoms with Crippen molar-refractivity contribution < 1.29 is 0 Å². The van der Waals surface area contributed by atoms with E-state index in [-0.39, 0.29) is 0 Å². The van der Waals surface area contributed by atoms with Crippen molar-refractivity contribution in [1.29, 1.82) is 0 Å². The van der Waals surface area contributed by atoms with Crippen molar-refractivity contribution in [3.05, 3.63) is 145 Å². The Bertz CT molecular complexity index is 1850. The second-order valence-corrected chi connectivity index (χ2v) is 9.78. The third-order valence-electron chi connectivity index (χ3n) is 7.55. The molecule has 0 heterocycles. The molecule has 0 N–H and O–H groups in total. The molecule has 0 radical (unpaired) electrons. The SMILES string of the molecule is Cc1ccc(-c2ccc(-c3c4ccccc4c(-c4ccccc4)c4ccccc34)c3ccccc23)cc1. The maximum atomic E-state index is 2.33. The van der Waals surface area contributed by atoms with Crippen LogP contribution in [0.15, 0.2) is 140 Å². The molecule has 37 heavy (non-hydrogen) atoms. The smallest absolute Gasteiger partial charge is 0.00201 e. The molecule has 0 bridgehead atoms. The molecule has 0 saturated carbocycles. The Kier molecular flexibility index (Phi) is 5.11. The van der Waals surface area contributed by atoms with Gasteiger partial charge in [-0.15, -0.1) is 0 Å². The summed E-state index contributed by atoms with van der Waals surface area (Å²) in [5.41, 5.74) is 8.94. The lowest BCUT2D eigenvalue weighted by Gasteiger charge is -2.19. The molecular formula is C37H26. The average molecular weight is 471 g/mol. The molecule has 0 saturated heterocycles. The Labute approximate surface area is 217 Å². The fraction of sp³-hybridized carbons (Fsp3) is 0.0270. The summed E-state index contributed by atoms with van der Waals surface area (Å²) < 4.78 is 0. The van der Waals surface area contributed by atoms with E-state index in [1.165, 1.54) is 71.3 Å². The average Bonchev–Trinajstić information content (AvgIpc) is 2.96. The highest BCUT2D eigenvalue weighted by Crippen LogP contribution is 2.46. The van der Waals surface area contributed by atoms with Crippen LogP contribution in [0.4, 0.5) is 0 Å². The fourth-order valence-electron chi connectivity index (χ4n) is 5.84. The first-order chi connectivity index (χ1) is 18.3. The van der Waals surface area contributed by atoms with Crippen molar-refractivity contribution in [3.63, 3.8) is 0 Å². The van der Waals surface area contributed by atoms with Crippen molar-refractivity contribution in [1.82, 2.24) is 0 Å². The van der Waals surface area contributed by atoms with Crippen molar-refractivity contribution >= 4 is 32.3 Å². The zero-order valence-corrected chi connectivity index (χ0v) is 20.8. The highest BCUT2D eigenvalue weighted by atomic mass is 14.2. The molecule has 0 nitrogen and oxygen atoms in total. The summed E-state index contributed by atoms with van der Waals surface area (Å²) in [7, 11) is 0. The van der Waals surface area contributed by atoms with Crippen LogP contribution in [-0.2, 0) is 0 Å². The first-order valence-corrected chi connectivity index (χ1v) is 12.9. The van der Waals surface area contributed by atoms with Crippen LogP contribution in [0, 0.1) is 6.92 Å². The predicted octanol–water partition coefficient (Wildman–Crippen LogP) is 10.5. The van der Waals surface area contributed by atoms with Gasteiger partial charge in [-0.1, -0.05) is 145 Å². The van der Waals surface area contributed by atoms with Crippen LogP contribution >= 0.6 is 0 Å². The second kappa shape index (κ2) is 8.76. The van der Waals surface area contributed by atoms with Gasteiger partial charge in [-0.2, -0.15) is 0 Å². The van der Waals surface area contributed by atoms with Crippen molar-refractivity contribution in [2.24, 2.45) is 0 Å². The minimum atomic E-state index is 1.25. The van der Waals surface area contributed by atoms with Crippen LogP contribution in [0.25, 0.3) is 65.7 Å². The third kappa shape index (κ3) is 3.53. The zero-order valence-electron chi connectivity index (χ0n) is 20.8. The summed E-state index contributed by atoms with van der Waals surface area (Å²) in [5, 5.41) is 7.71. The maximum absolute atomic E-state index is 2.33. The summed E-state index contributed by atoms with van der Waals surface area (Å²) >= 11 is 0. The van der Waals surface area contributed by atoms with Gasteiger partial charge >= 0.3 is 0 Å². The van der Waals surface area contributed by atoms with E-state index in [4.69, 9.17) is 0 Å². The van der Waals surface area contributed by atoms with Gasteiger partial charge in [0.25, 0.3) is 0 Å². The lowest BCUT2D eigenvalue weighted by atomic mass is 9.84. The number of rotatable bonds is 3. The molecule has 0 aromatic heterocycles. The molecule has 174 valence electrons. The van der Waals surface area contributed by atoms with Gasteiger partial charge in [0.05, 0.1) is 0 Å². The summed E-state index contributed by atoms with van der Waals surface area (Å²) in [6.07, 6.45) is 0. The Morgan fingerprint density at radius 2 is 0.730 bits per heavy atom. The molecule has 7 rings (SSSR count). The van der Waals surface area contributed by atoms with Crippen molar-refractivity contribution in [2.75, 3.05) is 0 Å². The molecule has 0 atom stereocenters. The van der Waals surface area contributed by atoms with Crippen LogP contribution in [0.5, 0.6) is 0 Å². The van der Waals surface area contributed by atoms with E-state index in [1.807, 2.05) is 0 Å².